The quantitative estimate of drug-likeness (QED) is 0.158. The van der Waals surface area contributed by atoms with E-state index in [2.05, 4.69) is 240 Å². The summed E-state index contributed by atoms with van der Waals surface area (Å²) in [6.45, 7) is 0. The van der Waals surface area contributed by atoms with Gasteiger partial charge >= 0.3 is 0 Å². The Morgan fingerprint density at radius 3 is 1.57 bits per heavy atom. The van der Waals surface area contributed by atoms with E-state index in [4.69, 9.17) is 0 Å². The fraction of sp³-hybridized carbons (Fsp3) is 0. The van der Waals surface area contributed by atoms with E-state index in [1.165, 1.54) is 76.7 Å². The molecule has 0 aliphatic rings. The minimum Gasteiger partial charge on any atom is -0.310 e. The Kier molecular flexibility index (Phi) is 8.19. The molecule has 1 aromatic heterocycles. The number of rotatable bonds is 7. The van der Waals surface area contributed by atoms with Gasteiger partial charge < -0.3 is 9.47 Å². The van der Waals surface area contributed by atoms with Crippen LogP contribution in [0.15, 0.2) is 231 Å². The van der Waals surface area contributed by atoms with E-state index in [9.17, 15) is 0 Å². The van der Waals surface area contributed by atoms with Crippen LogP contribution < -0.4 is 4.90 Å². The minimum absolute atomic E-state index is 1.10. The fourth-order valence-corrected chi connectivity index (χ4v) is 8.82. The lowest BCUT2D eigenvalue weighted by molar-refractivity contribution is 1.18. The van der Waals surface area contributed by atoms with Gasteiger partial charge in [0, 0.05) is 33.5 Å². The summed E-state index contributed by atoms with van der Waals surface area (Å²) in [6.07, 6.45) is 0. The highest BCUT2D eigenvalue weighted by Gasteiger charge is 2.19. The highest BCUT2D eigenvalue weighted by atomic mass is 15.1. The topological polar surface area (TPSA) is 8.17 Å². The highest BCUT2D eigenvalue weighted by molar-refractivity contribution is 6.18. The molecule has 0 radical (unpaired) electrons. The van der Waals surface area contributed by atoms with Crippen molar-refractivity contribution in [3.8, 4) is 39.1 Å². The van der Waals surface area contributed by atoms with Gasteiger partial charge in [-0.1, -0.05) is 164 Å². The van der Waals surface area contributed by atoms with Gasteiger partial charge in [-0.05, 0) is 122 Å². The first-order chi connectivity index (χ1) is 28.8. The molecule has 0 saturated carbocycles. The summed E-state index contributed by atoms with van der Waals surface area (Å²) in [4.78, 5) is 2.39. The zero-order chi connectivity index (χ0) is 38.4. The van der Waals surface area contributed by atoms with Crippen molar-refractivity contribution in [1.82, 2.24) is 4.57 Å². The van der Waals surface area contributed by atoms with E-state index >= 15 is 0 Å². The van der Waals surface area contributed by atoms with Gasteiger partial charge in [0.2, 0.25) is 0 Å². The average molecular weight is 739 g/mol. The van der Waals surface area contributed by atoms with Crippen molar-refractivity contribution >= 4 is 60.4 Å². The number of aromatic nitrogens is 1. The summed E-state index contributed by atoms with van der Waals surface area (Å²) in [7, 11) is 0. The number of para-hydroxylation sites is 1. The number of hydrogen-bond acceptors (Lipinski definition) is 1. The standard InChI is InChI=1S/C56H38N2/c1-3-16-40(17-4-1)50-25-11-12-26-51(50)41-30-32-47(33-31-41)57(49-34-29-39-15-7-8-18-42(39)35-49)48-24-13-21-45(36-48)52-27-14-28-54-56(52)53-37-43-19-9-10-20-44(43)38-55(53)58(54)46-22-5-2-6-23-46/h1-38H. The van der Waals surface area contributed by atoms with Gasteiger partial charge in [0.05, 0.1) is 11.0 Å². The van der Waals surface area contributed by atoms with Crippen LogP contribution in [0.2, 0.25) is 0 Å². The summed E-state index contributed by atoms with van der Waals surface area (Å²) in [5.41, 5.74) is 14.1. The monoisotopic (exact) mass is 738 g/mol. The lowest BCUT2D eigenvalue weighted by atomic mass is 9.94. The van der Waals surface area contributed by atoms with Gasteiger partial charge in [0.15, 0.2) is 0 Å². The average Bonchev–Trinajstić information content (AvgIpc) is 3.62. The molecule has 11 aromatic rings. The number of hydrogen-bond donors (Lipinski definition) is 0. The molecule has 0 atom stereocenters. The molecule has 10 aromatic carbocycles. The lowest BCUT2D eigenvalue weighted by Gasteiger charge is -2.27. The molecule has 0 bridgehead atoms. The van der Waals surface area contributed by atoms with Gasteiger partial charge in [-0.2, -0.15) is 0 Å². The van der Waals surface area contributed by atoms with Crippen molar-refractivity contribution in [2.45, 2.75) is 0 Å². The van der Waals surface area contributed by atoms with Gasteiger partial charge in [0.1, 0.15) is 0 Å². The number of benzene rings is 10. The third-order valence-electron chi connectivity index (χ3n) is 11.5. The molecule has 0 aliphatic heterocycles. The van der Waals surface area contributed by atoms with E-state index in [1.807, 2.05) is 0 Å². The van der Waals surface area contributed by atoms with E-state index in [-0.39, 0.29) is 0 Å². The summed E-state index contributed by atoms with van der Waals surface area (Å²) in [6, 6.07) is 83.7. The number of nitrogens with zero attached hydrogens (tertiary/aromatic N) is 2. The first-order valence-corrected chi connectivity index (χ1v) is 19.9. The Morgan fingerprint density at radius 2 is 0.828 bits per heavy atom. The third-order valence-corrected chi connectivity index (χ3v) is 11.5. The lowest BCUT2D eigenvalue weighted by Crippen LogP contribution is -2.10. The van der Waals surface area contributed by atoms with Crippen LogP contribution in [-0.4, -0.2) is 4.57 Å². The van der Waals surface area contributed by atoms with Crippen molar-refractivity contribution in [2.75, 3.05) is 4.90 Å². The van der Waals surface area contributed by atoms with E-state index in [0.29, 0.717) is 0 Å². The van der Waals surface area contributed by atoms with Crippen LogP contribution >= 0.6 is 0 Å². The second-order valence-electron chi connectivity index (χ2n) is 15.0. The van der Waals surface area contributed by atoms with Crippen LogP contribution in [-0.2, 0) is 0 Å². The molecule has 0 amide bonds. The predicted octanol–water partition coefficient (Wildman–Crippen LogP) is 15.6. The van der Waals surface area contributed by atoms with Gasteiger partial charge in [0.25, 0.3) is 0 Å². The molecule has 272 valence electrons. The molecular weight excluding hydrogens is 701 g/mol. The minimum atomic E-state index is 1.10. The molecule has 0 spiro atoms. The van der Waals surface area contributed by atoms with Gasteiger partial charge in [-0.3, -0.25) is 0 Å². The molecule has 0 saturated heterocycles. The zero-order valence-corrected chi connectivity index (χ0v) is 31.8. The largest absolute Gasteiger partial charge is 0.310 e. The summed E-state index contributed by atoms with van der Waals surface area (Å²) >= 11 is 0. The SMILES string of the molecule is c1ccc(-c2ccccc2-c2ccc(N(c3cccc(-c4cccc5c4c4cc6ccccc6cc4n5-c4ccccc4)c3)c3ccc4ccccc4c3)cc2)cc1. The van der Waals surface area contributed by atoms with E-state index < -0.39 is 0 Å². The summed E-state index contributed by atoms with van der Waals surface area (Å²) in [5.74, 6) is 0. The molecule has 0 fully saturated rings. The molecule has 2 nitrogen and oxygen atoms in total. The van der Waals surface area contributed by atoms with Crippen molar-refractivity contribution in [1.29, 1.82) is 0 Å². The normalized spacial score (nSPS) is 11.4. The van der Waals surface area contributed by atoms with E-state index in [1.54, 1.807) is 0 Å². The van der Waals surface area contributed by atoms with Gasteiger partial charge in [-0.25, -0.2) is 0 Å². The molecule has 1 heterocycles. The second-order valence-corrected chi connectivity index (χ2v) is 15.0. The summed E-state index contributed by atoms with van der Waals surface area (Å²) in [5, 5.41) is 7.41. The molecule has 0 unspecified atom stereocenters. The highest BCUT2D eigenvalue weighted by Crippen LogP contribution is 2.43. The van der Waals surface area contributed by atoms with E-state index in [0.717, 1.165) is 22.7 Å². The first kappa shape index (κ1) is 33.6. The molecule has 58 heavy (non-hydrogen) atoms. The smallest absolute Gasteiger partial charge is 0.0547 e. The Bertz CT molecular complexity index is 3270. The maximum Gasteiger partial charge on any atom is 0.0547 e. The van der Waals surface area contributed by atoms with Crippen molar-refractivity contribution in [3.63, 3.8) is 0 Å². The van der Waals surface area contributed by atoms with Crippen LogP contribution in [0, 0.1) is 0 Å². The third kappa shape index (κ3) is 5.82. The Hall–Kier alpha value is -7.68. The first-order valence-electron chi connectivity index (χ1n) is 19.9. The molecular formula is C56H38N2. The van der Waals surface area contributed by atoms with Crippen molar-refractivity contribution < 1.29 is 0 Å². The van der Waals surface area contributed by atoms with Crippen molar-refractivity contribution in [2.24, 2.45) is 0 Å². The number of anilines is 3. The van der Waals surface area contributed by atoms with Crippen LogP contribution in [0.25, 0.3) is 82.4 Å². The Morgan fingerprint density at radius 1 is 0.293 bits per heavy atom. The number of fused-ring (bicyclic) bond motifs is 5. The maximum absolute atomic E-state index is 2.42. The van der Waals surface area contributed by atoms with Crippen molar-refractivity contribution in [3.05, 3.63) is 231 Å². The summed E-state index contributed by atoms with van der Waals surface area (Å²) < 4.78 is 2.42. The predicted molar refractivity (Wildman–Crippen MR) is 247 cm³/mol. The van der Waals surface area contributed by atoms with Crippen LogP contribution in [0.3, 0.4) is 0 Å². The molecule has 0 aliphatic carbocycles. The molecule has 0 N–H and O–H groups in total. The Labute approximate surface area is 338 Å². The Balaban J connectivity index is 1.09. The fourth-order valence-electron chi connectivity index (χ4n) is 8.82. The van der Waals surface area contributed by atoms with Crippen LogP contribution in [0.1, 0.15) is 0 Å². The van der Waals surface area contributed by atoms with Crippen LogP contribution in [0.5, 0.6) is 0 Å². The molecule has 11 rings (SSSR count). The maximum atomic E-state index is 2.42. The second kappa shape index (κ2) is 14.1. The van der Waals surface area contributed by atoms with Crippen LogP contribution in [0.4, 0.5) is 17.1 Å². The molecule has 2 heteroatoms. The zero-order valence-electron chi connectivity index (χ0n) is 31.8. The van der Waals surface area contributed by atoms with Gasteiger partial charge in [-0.15, -0.1) is 0 Å².